The summed E-state index contributed by atoms with van der Waals surface area (Å²) < 4.78 is 0. The molecule has 0 fully saturated rings. The molecule has 0 aromatic heterocycles. The number of nitrogens with zero attached hydrogens (tertiary/aromatic N) is 1. The molecule has 0 aliphatic heterocycles. The number of aryl methyl sites for hydroxylation is 1. The van der Waals surface area contributed by atoms with Crippen LogP contribution in [0.4, 0.5) is 0 Å². The minimum atomic E-state index is 0.741. The first-order valence-corrected chi connectivity index (χ1v) is 4.63. The van der Waals surface area contributed by atoms with Crippen LogP contribution in [0.15, 0.2) is 24.3 Å². The maximum absolute atomic E-state index is 8.59. The highest BCUT2D eigenvalue weighted by Gasteiger charge is 1.93. The summed E-state index contributed by atoms with van der Waals surface area (Å²) >= 11 is 0. The predicted molar refractivity (Wildman–Crippen MR) is 54.1 cm³/mol. The van der Waals surface area contributed by atoms with Gasteiger partial charge in [-0.2, -0.15) is 5.26 Å². The zero-order chi connectivity index (χ0) is 9.52. The van der Waals surface area contributed by atoms with Crippen molar-refractivity contribution >= 4 is 0 Å². The Kier molecular flexibility index (Phi) is 4.05. The lowest BCUT2D eigenvalue weighted by molar-refractivity contribution is 0.808. The fraction of sp³-hybridized carbons (Fsp3) is 0.333. The van der Waals surface area contributed by atoms with Crippen LogP contribution in [-0.4, -0.2) is 0 Å². The highest BCUT2D eigenvalue weighted by Crippen LogP contribution is 2.07. The van der Waals surface area contributed by atoms with E-state index >= 15 is 0 Å². The number of benzene rings is 1. The SMILES string of the molecule is C[CH]CCCc1ccc(C#N)cc1. The molecule has 0 unspecified atom stereocenters. The number of unbranched alkanes of at least 4 members (excludes halogenated alkanes) is 2. The Morgan fingerprint density at radius 3 is 2.54 bits per heavy atom. The van der Waals surface area contributed by atoms with E-state index in [-0.39, 0.29) is 0 Å². The molecule has 1 aromatic carbocycles. The average molecular weight is 172 g/mol. The Labute approximate surface area is 80.0 Å². The van der Waals surface area contributed by atoms with E-state index in [4.69, 9.17) is 5.26 Å². The van der Waals surface area contributed by atoms with E-state index in [1.165, 1.54) is 18.4 Å². The molecule has 0 saturated carbocycles. The Morgan fingerprint density at radius 1 is 1.31 bits per heavy atom. The maximum Gasteiger partial charge on any atom is 0.0991 e. The number of hydrogen-bond donors (Lipinski definition) is 0. The van der Waals surface area contributed by atoms with Gasteiger partial charge < -0.3 is 0 Å². The molecule has 0 N–H and O–H groups in total. The van der Waals surface area contributed by atoms with Gasteiger partial charge in [-0.05, 0) is 37.0 Å². The monoisotopic (exact) mass is 172 g/mol. The van der Waals surface area contributed by atoms with E-state index in [0.29, 0.717) is 0 Å². The van der Waals surface area contributed by atoms with Gasteiger partial charge in [0, 0.05) is 0 Å². The van der Waals surface area contributed by atoms with Gasteiger partial charge in [0.1, 0.15) is 0 Å². The van der Waals surface area contributed by atoms with Crippen molar-refractivity contribution in [1.82, 2.24) is 0 Å². The van der Waals surface area contributed by atoms with Crippen LogP contribution >= 0.6 is 0 Å². The summed E-state index contributed by atoms with van der Waals surface area (Å²) in [5.74, 6) is 0. The third-order valence-electron chi connectivity index (χ3n) is 2.04. The van der Waals surface area contributed by atoms with Gasteiger partial charge in [0.15, 0.2) is 0 Å². The molecule has 0 spiro atoms. The zero-order valence-corrected chi connectivity index (χ0v) is 7.96. The predicted octanol–water partition coefficient (Wildman–Crippen LogP) is 3.11. The quantitative estimate of drug-likeness (QED) is 0.640. The molecular formula is C12H14N. The van der Waals surface area contributed by atoms with Crippen LogP contribution in [-0.2, 0) is 6.42 Å². The molecule has 0 heterocycles. The first-order valence-electron chi connectivity index (χ1n) is 4.63. The Hall–Kier alpha value is -1.29. The summed E-state index contributed by atoms with van der Waals surface area (Å²) in [4.78, 5) is 0. The van der Waals surface area contributed by atoms with Gasteiger partial charge in [-0.15, -0.1) is 0 Å². The zero-order valence-electron chi connectivity index (χ0n) is 7.96. The van der Waals surface area contributed by atoms with Crippen molar-refractivity contribution < 1.29 is 0 Å². The second-order valence-corrected chi connectivity index (χ2v) is 3.11. The Morgan fingerprint density at radius 2 is 2.00 bits per heavy atom. The van der Waals surface area contributed by atoms with Gasteiger partial charge in [-0.25, -0.2) is 0 Å². The minimum absolute atomic E-state index is 0.741. The van der Waals surface area contributed by atoms with Crippen LogP contribution in [0.1, 0.15) is 30.9 Å². The van der Waals surface area contributed by atoms with Crippen LogP contribution in [0.5, 0.6) is 0 Å². The highest BCUT2D eigenvalue weighted by atomic mass is 14.2. The lowest BCUT2D eigenvalue weighted by atomic mass is 10.1. The van der Waals surface area contributed by atoms with Gasteiger partial charge in [-0.1, -0.05) is 25.5 Å². The molecule has 0 saturated heterocycles. The average Bonchev–Trinajstić information content (AvgIpc) is 2.19. The van der Waals surface area contributed by atoms with Crippen molar-refractivity contribution in [1.29, 1.82) is 5.26 Å². The van der Waals surface area contributed by atoms with Gasteiger partial charge in [-0.3, -0.25) is 0 Å². The molecule has 0 amide bonds. The van der Waals surface area contributed by atoms with Crippen LogP contribution in [0, 0.1) is 17.8 Å². The number of hydrogen-bond acceptors (Lipinski definition) is 1. The molecule has 0 aliphatic rings. The fourth-order valence-corrected chi connectivity index (χ4v) is 1.26. The lowest BCUT2D eigenvalue weighted by Gasteiger charge is -1.99. The fourth-order valence-electron chi connectivity index (χ4n) is 1.26. The molecule has 1 nitrogen and oxygen atoms in total. The van der Waals surface area contributed by atoms with Crippen molar-refractivity contribution in [2.24, 2.45) is 0 Å². The van der Waals surface area contributed by atoms with Crippen molar-refractivity contribution in [3.63, 3.8) is 0 Å². The van der Waals surface area contributed by atoms with Crippen LogP contribution in [0.25, 0.3) is 0 Å². The van der Waals surface area contributed by atoms with Gasteiger partial charge >= 0.3 is 0 Å². The molecule has 0 aliphatic carbocycles. The first kappa shape index (κ1) is 9.80. The van der Waals surface area contributed by atoms with Crippen molar-refractivity contribution in [2.75, 3.05) is 0 Å². The summed E-state index contributed by atoms with van der Waals surface area (Å²) in [6.45, 7) is 2.08. The van der Waals surface area contributed by atoms with E-state index in [1.54, 1.807) is 0 Å². The second-order valence-electron chi connectivity index (χ2n) is 3.11. The summed E-state index contributed by atoms with van der Waals surface area (Å²) in [5, 5.41) is 8.59. The molecule has 1 aromatic rings. The molecule has 0 atom stereocenters. The Bertz CT molecular complexity index is 279. The largest absolute Gasteiger partial charge is 0.192 e. The molecule has 67 valence electrons. The standard InChI is InChI=1S/C12H14N/c1-2-3-4-5-11-6-8-12(10-13)9-7-11/h2,6-9H,3-5H2,1H3. The molecule has 13 heavy (non-hydrogen) atoms. The van der Waals surface area contributed by atoms with Crippen molar-refractivity contribution in [3.8, 4) is 6.07 Å². The second kappa shape index (κ2) is 5.37. The smallest absolute Gasteiger partial charge is 0.0991 e. The van der Waals surface area contributed by atoms with E-state index < -0.39 is 0 Å². The minimum Gasteiger partial charge on any atom is -0.192 e. The summed E-state index contributed by atoms with van der Waals surface area (Å²) in [6.07, 6.45) is 5.65. The van der Waals surface area contributed by atoms with Gasteiger partial charge in [0.05, 0.1) is 11.6 Å². The molecule has 0 bridgehead atoms. The maximum atomic E-state index is 8.59. The van der Waals surface area contributed by atoms with E-state index in [2.05, 4.69) is 19.4 Å². The van der Waals surface area contributed by atoms with Crippen LogP contribution < -0.4 is 0 Å². The topological polar surface area (TPSA) is 23.8 Å². The van der Waals surface area contributed by atoms with Crippen molar-refractivity contribution in [2.45, 2.75) is 26.2 Å². The van der Waals surface area contributed by atoms with Crippen LogP contribution in [0.2, 0.25) is 0 Å². The highest BCUT2D eigenvalue weighted by molar-refractivity contribution is 5.31. The lowest BCUT2D eigenvalue weighted by Crippen LogP contribution is -1.85. The first-order chi connectivity index (χ1) is 6.36. The molecule has 1 heteroatoms. The third-order valence-corrected chi connectivity index (χ3v) is 2.04. The summed E-state index contributed by atoms with van der Waals surface area (Å²) in [6, 6.07) is 9.95. The van der Waals surface area contributed by atoms with Crippen LogP contribution in [0.3, 0.4) is 0 Å². The number of rotatable bonds is 4. The van der Waals surface area contributed by atoms with E-state index in [9.17, 15) is 0 Å². The van der Waals surface area contributed by atoms with Gasteiger partial charge in [0.2, 0.25) is 0 Å². The van der Waals surface area contributed by atoms with Gasteiger partial charge in [0.25, 0.3) is 0 Å². The Balaban J connectivity index is 2.46. The molecule has 1 rings (SSSR count). The summed E-state index contributed by atoms with van der Waals surface area (Å²) in [7, 11) is 0. The van der Waals surface area contributed by atoms with E-state index in [0.717, 1.165) is 12.0 Å². The normalized spacial score (nSPS) is 9.54. The van der Waals surface area contributed by atoms with E-state index in [1.807, 2.05) is 24.3 Å². The molecular weight excluding hydrogens is 158 g/mol. The van der Waals surface area contributed by atoms with Crippen molar-refractivity contribution in [3.05, 3.63) is 41.8 Å². The third kappa shape index (κ3) is 3.29. The number of nitriles is 1. The molecule has 1 radical (unpaired) electrons. The summed E-state index contributed by atoms with van der Waals surface area (Å²) in [5.41, 5.74) is 2.06.